The first-order valence-electron chi connectivity index (χ1n) is 6.29. The molecule has 0 radical (unpaired) electrons. The molecule has 1 fully saturated rings. The Hall–Kier alpha value is -1.17. The molecule has 0 saturated carbocycles. The molecule has 1 unspecified atom stereocenters. The summed E-state index contributed by atoms with van der Waals surface area (Å²) in [5.41, 5.74) is 1.06. The molecular weight excluding hydrogens is 246 g/mol. The van der Waals surface area contributed by atoms with Gasteiger partial charge in [0.2, 0.25) is 0 Å². The van der Waals surface area contributed by atoms with Crippen LogP contribution in [-0.4, -0.2) is 40.2 Å². The van der Waals surface area contributed by atoms with E-state index in [1.807, 2.05) is 6.07 Å². The quantitative estimate of drug-likeness (QED) is 0.569. The predicted molar refractivity (Wildman–Crippen MR) is 76.9 cm³/mol. The monoisotopic (exact) mass is 267 g/mol. The largest absolute Gasteiger partial charge is 0.355 e. The summed E-state index contributed by atoms with van der Waals surface area (Å²) in [6.07, 6.45) is 4.36. The summed E-state index contributed by atoms with van der Waals surface area (Å²) in [7, 11) is 1.80. The summed E-state index contributed by atoms with van der Waals surface area (Å²) in [6, 6.07) is 1.95. The van der Waals surface area contributed by atoms with Crippen LogP contribution in [0.3, 0.4) is 0 Å². The van der Waals surface area contributed by atoms with E-state index in [9.17, 15) is 0 Å². The van der Waals surface area contributed by atoms with Crippen LogP contribution >= 0.6 is 11.8 Å². The number of guanidine groups is 1. The molecule has 1 saturated heterocycles. The molecule has 1 aliphatic heterocycles. The molecule has 0 spiro atoms. The van der Waals surface area contributed by atoms with Gasteiger partial charge in [-0.3, -0.25) is 10.1 Å². The van der Waals surface area contributed by atoms with Gasteiger partial charge >= 0.3 is 0 Å². The van der Waals surface area contributed by atoms with Gasteiger partial charge in [0.25, 0.3) is 0 Å². The molecule has 1 aromatic rings. The van der Waals surface area contributed by atoms with Crippen LogP contribution in [0.5, 0.6) is 0 Å². The van der Waals surface area contributed by atoms with E-state index in [-0.39, 0.29) is 0 Å². The van der Waals surface area contributed by atoms with Crippen molar-refractivity contribution < 1.29 is 0 Å². The maximum Gasteiger partial charge on any atom is 0.191 e. The summed E-state index contributed by atoms with van der Waals surface area (Å²) in [5, 5.41) is 13.5. The number of rotatable bonds is 4. The first kappa shape index (κ1) is 13.3. The Labute approximate surface area is 112 Å². The fraction of sp³-hybridized carbons (Fsp3) is 0.667. The zero-order chi connectivity index (χ0) is 12.8. The Kier molecular flexibility index (Phi) is 4.52. The van der Waals surface area contributed by atoms with Crippen LogP contribution in [0.15, 0.2) is 17.3 Å². The minimum Gasteiger partial charge on any atom is -0.355 e. The third-order valence-corrected chi connectivity index (χ3v) is 4.70. The molecule has 2 heterocycles. The van der Waals surface area contributed by atoms with Gasteiger partial charge in [-0.1, -0.05) is 0 Å². The molecule has 1 aromatic heterocycles. The number of aromatic nitrogens is 2. The Morgan fingerprint density at radius 2 is 2.50 bits per heavy atom. The lowest BCUT2D eigenvalue weighted by Crippen LogP contribution is -2.43. The van der Waals surface area contributed by atoms with Crippen molar-refractivity contribution in [1.29, 1.82) is 0 Å². The van der Waals surface area contributed by atoms with Gasteiger partial charge in [-0.15, -0.1) is 0 Å². The van der Waals surface area contributed by atoms with Crippen molar-refractivity contribution in [3.63, 3.8) is 0 Å². The molecule has 0 aromatic carbocycles. The normalized spacial score (nSPS) is 24.2. The topological polar surface area (TPSA) is 65.1 Å². The zero-order valence-corrected chi connectivity index (χ0v) is 11.8. The maximum atomic E-state index is 4.23. The lowest BCUT2D eigenvalue weighted by atomic mass is 10.1. The zero-order valence-electron chi connectivity index (χ0n) is 11.0. The maximum absolute atomic E-state index is 4.23. The highest BCUT2D eigenvalue weighted by Crippen LogP contribution is 2.36. The van der Waals surface area contributed by atoms with E-state index >= 15 is 0 Å². The van der Waals surface area contributed by atoms with Crippen molar-refractivity contribution in [3.05, 3.63) is 18.0 Å². The Balaban J connectivity index is 1.75. The molecule has 100 valence electrons. The molecular formula is C12H21N5S. The fourth-order valence-corrected chi connectivity index (χ4v) is 3.27. The summed E-state index contributed by atoms with van der Waals surface area (Å²) < 4.78 is 0.353. The van der Waals surface area contributed by atoms with Crippen LogP contribution in [0.2, 0.25) is 0 Å². The highest BCUT2D eigenvalue weighted by Gasteiger charge is 2.29. The Morgan fingerprint density at radius 3 is 3.11 bits per heavy atom. The third kappa shape index (κ3) is 3.66. The molecule has 1 atom stereocenters. The van der Waals surface area contributed by atoms with E-state index < -0.39 is 0 Å². The summed E-state index contributed by atoms with van der Waals surface area (Å²) >= 11 is 2.05. The van der Waals surface area contributed by atoms with E-state index in [0.29, 0.717) is 11.3 Å². The van der Waals surface area contributed by atoms with Gasteiger partial charge in [-0.25, -0.2) is 0 Å². The molecule has 0 aliphatic carbocycles. The van der Waals surface area contributed by atoms with Gasteiger partial charge in [0.1, 0.15) is 0 Å². The van der Waals surface area contributed by atoms with E-state index in [1.54, 1.807) is 13.2 Å². The molecule has 3 N–H and O–H groups in total. The number of aromatic amines is 1. The Bertz CT molecular complexity index is 381. The van der Waals surface area contributed by atoms with Crippen molar-refractivity contribution in [2.24, 2.45) is 4.99 Å². The van der Waals surface area contributed by atoms with Crippen LogP contribution in [0, 0.1) is 0 Å². The van der Waals surface area contributed by atoms with E-state index in [1.165, 1.54) is 18.6 Å². The summed E-state index contributed by atoms with van der Waals surface area (Å²) in [5.74, 6) is 2.12. The number of H-pyrrole nitrogens is 1. The number of hydrogen-bond acceptors (Lipinski definition) is 3. The fourth-order valence-electron chi connectivity index (χ4n) is 2.03. The second-order valence-corrected chi connectivity index (χ2v) is 6.45. The summed E-state index contributed by atoms with van der Waals surface area (Å²) in [6.45, 7) is 3.99. The van der Waals surface area contributed by atoms with Crippen molar-refractivity contribution in [2.75, 3.05) is 19.3 Å². The predicted octanol–water partition coefficient (Wildman–Crippen LogP) is 1.36. The average molecular weight is 267 g/mol. The number of nitrogens with one attached hydrogen (secondary N) is 3. The lowest BCUT2D eigenvalue weighted by molar-refractivity contribution is 0.584. The smallest absolute Gasteiger partial charge is 0.191 e. The highest BCUT2D eigenvalue weighted by atomic mass is 32.2. The van der Waals surface area contributed by atoms with E-state index in [0.717, 1.165) is 18.2 Å². The molecule has 18 heavy (non-hydrogen) atoms. The minimum absolute atomic E-state index is 0.353. The van der Waals surface area contributed by atoms with Crippen LogP contribution in [0.4, 0.5) is 0 Å². The van der Waals surface area contributed by atoms with Crippen molar-refractivity contribution >= 4 is 17.7 Å². The second kappa shape index (κ2) is 6.13. The first-order chi connectivity index (χ1) is 8.72. The molecule has 0 amide bonds. The van der Waals surface area contributed by atoms with Crippen molar-refractivity contribution in [1.82, 2.24) is 20.8 Å². The van der Waals surface area contributed by atoms with E-state index in [4.69, 9.17) is 0 Å². The first-order valence-corrected chi connectivity index (χ1v) is 7.27. The SMILES string of the molecule is CN=C(NCc1ccn[nH]1)NCC1(C)CCCS1. The summed E-state index contributed by atoms with van der Waals surface area (Å²) in [4.78, 5) is 4.23. The molecule has 1 aliphatic rings. The molecule has 5 nitrogen and oxygen atoms in total. The van der Waals surface area contributed by atoms with Crippen molar-refractivity contribution in [3.8, 4) is 0 Å². The van der Waals surface area contributed by atoms with Crippen LogP contribution in [0.1, 0.15) is 25.5 Å². The number of hydrogen-bond donors (Lipinski definition) is 3. The molecule has 0 bridgehead atoms. The van der Waals surface area contributed by atoms with Crippen LogP contribution < -0.4 is 10.6 Å². The number of aliphatic imine (C=N–C) groups is 1. The van der Waals surface area contributed by atoms with Crippen LogP contribution in [-0.2, 0) is 6.54 Å². The van der Waals surface area contributed by atoms with Gasteiger partial charge in [0.05, 0.1) is 12.2 Å². The van der Waals surface area contributed by atoms with Crippen LogP contribution in [0.25, 0.3) is 0 Å². The second-order valence-electron chi connectivity index (χ2n) is 4.76. The lowest BCUT2D eigenvalue weighted by Gasteiger charge is -2.24. The van der Waals surface area contributed by atoms with Gasteiger partial charge < -0.3 is 10.6 Å². The minimum atomic E-state index is 0.353. The standard InChI is InChI=1S/C12H21N5S/c1-12(5-3-7-18-12)9-15-11(13-2)14-8-10-4-6-16-17-10/h4,6H,3,5,7-9H2,1-2H3,(H,16,17)(H2,13,14,15). The molecule has 2 rings (SSSR count). The Morgan fingerprint density at radius 1 is 1.61 bits per heavy atom. The van der Waals surface area contributed by atoms with Gasteiger partial charge in [-0.05, 0) is 31.6 Å². The van der Waals surface area contributed by atoms with E-state index in [2.05, 4.69) is 44.5 Å². The highest BCUT2D eigenvalue weighted by molar-refractivity contribution is 8.00. The average Bonchev–Trinajstić information content (AvgIpc) is 3.01. The van der Waals surface area contributed by atoms with Gasteiger partial charge in [0, 0.05) is 24.5 Å². The van der Waals surface area contributed by atoms with Gasteiger partial charge in [0.15, 0.2) is 5.96 Å². The van der Waals surface area contributed by atoms with Crippen molar-refractivity contribution in [2.45, 2.75) is 31.1 Å². The van der Waals surface area contributed by atoms with Gasteiger partial charge in [-0.2, -0.15) is 16.9 Å². The number of thioether (sulfide) groups is 1. The third-order valence-electron chi connectivity index (χ3n) is 3.16. The number of nitrogens with zero attached hydrogens (tertiary/aromatic N) is 2. The molecule has 6 heteroatoms.